The van der Waals surface area contributed by atoms with E-state index in [4.69, 9.17) is 14.6 Å². The zero-order valence-electron chi connectivity index (χ0n) is 11.2. The Morgan fingerprint density at radius 3 is 2.40 bits per heavy atom. The number of carbonyl (C=O) groups is 1. The second-order valence-corrected chi connectivity index (χ2v) is 4.42. The Hall–Kier alpha value is -2.49. The highest BCUT2D eigenvalue weighted by atomic mass is 16.5. The summed E-state index contributed by atoms with van der Waals surface area (Å²) in [6.45, 7) is 1.72. The van der Waals surface area contributed by atoms with Crippen molar-refractivity contribution in [3.05, 3.63) is 54.6 Å². The zero-order chi connectivity index (χ0) is 14.4. The van der Waals surface area contributed by atoms with E-state index in [-0.39, 0.29) is 12.5 Å². The summed E-state index contributed by atoms with van der Waals surface area (Å²) in [6, 6.07) is 16.6. The molecular weight excluding hydrogens is 256 g/mol. The molecule has 2 aromatic carbocycles. The van der Waals surface area contributed by atoms with Crippen molar-refractivity contribution in [3.8, 4) is 17.2 Å². The minimum absolute atomic E-state index is 0.0379. The highest BCUT2D eigenvalue weighted by Crippen LogP contribution is 2.25. The highest BCUT2D eigenvalue weighted by molar-refractivity contribution is 5.67. The van der Waals surface area contributed by atoms with Gasteiger partial charge in [0.25, 0.3) is 0 Å². The Morgan fingerprint density at radius 1 is 1.05 bits per heavy atom. The minimum atomic E-state index is -0.880. The number of aliphatic carboxylic acids is 1. The Kier molecular flexibility index (Phi) is 4.60. The molecule has 0 amide bonds. The second-order valence-electron chi connectivity index (χ2n) is 4.42. The molecule has 1 atom stereocenters. The van der Waals surface area contributed by atoms with Crippen molar-refractivity contribution in [2.75, 3.05) is 0 Å². The molecule has 0 radical (unpaired) electrons. The average molecular weight is 272 g/mol. The lowest BCUT2D eigenvalue weighted by molar-refractivity contribution is -0.138. The van der Waals surface area contributed by atoms with Gasteiger partial charge in [0.15, 0.2) is 0 Å². The monoisotopic (exact) mass is 272 g/mol. The van der Waals surface area contributed by atoms with Gasteiger partial charge in [-0.1, -0.05) is 24.3 Å². The summed E-state index contributed by atoms with van der Waals surface area (Å²) >= 11 is 0. The van der Waals surface area contributed by atoms with E-state index in [1.54, 1.807) is 25.1 Å². The smallest absolute Gasteiger partial charge is 0.307 e. The molecule has 0 fully saturated rings. The molecule has 4 heteroatoms. The first-order chi connectivity index (χ1) is 9.63. The molecule has 0 aliphatic heterocycles. The van der Waals surface area contributed by atoms with Crippen molar-refractivity contribution in [2.24, 2.45) is 0 Å². The van der Waals surface area contributed by atoms with Gasteiger partial charge in [-0.2, -0.15) is 0 Å². The van der Waals surface area contributed by atoms with Crippen LogP contribution in [0.2, 0.25) is 0 Å². The van der Waals surface area contributed by atoms with Gasteiger partial charge in [0.1, 0.15) is 23.4 Å². The number of hydrogen-bond donors (Lipinski definition) is 1. The molecule has 20 heavy (non-hydrogen) atoms. The van der Waals surface area contributed by atoms with E-state index >= 15 is 0 Å². The van der Waals surface area contributed by atoms with Crippen LogP contribution in [-0.4, -0.2) is 17.2 Å². The van der Waals surface area contributed by atoms with Crippen molar-refractivity contribution in [1.82, 2.24) is 0 Å². The van der Waals surface area contributed by atoms with Crippen LogP contribution in [0.1, 0.15) is 13.3 Å². The van der Waals surface area contributed by atoms with E-state index in [2.05, 4.69) is 0 Å². The van der Waals surface area contributed by atoms with E-state index < -0.39 is 5.97 Å². The molecule has 0 spiro atoms. The van der Waals surface area contributed by atoms with Gasteiger partial charge in [-0.05, 0) is 31.2 Å². The van der Waals surface area contributed by atoms with E-state index in [1.807, 2.05) is 36.4 Å². The van der Waals surface area contributed by atoms with Crippen LogP contribution < -0.4 is 9.47 Å². The summed E-state index contributed by atoms with van der Waals surface area (Å²) in [7, 11) is 0. The minimum Gasteiger partial charge on any atom is -0.490 e. The molecule has 0 saturated heterocycles. The summed E-state index contributed by atoms with van der Waals surface area (Å²) in [5.74, 6) is 1.10. The van der Waals surface area contributed by atoms with Crippen LogP contribution in [-0.2, 0) is 4.79 Å². The predicted molar refractivity (Wildman–Crippen MR) is 75.3 cm³/mol. The van der Waals surface area contributed by atoms with Gasteiger partial charge in [-0.15, -0.1) is 0 Å². The highest BCUT2D eigenvalue weighted by Gasteiger charge is 2.09. The van der Waals surface area contributed by atoms with Crippen LogP contribution >= 0.6 is 0 Å². The van der Waals surface area contributed by atoms with Crippen LogP contribution in [0.15, 0.2) is 54.6 Å². The van der Waals surface area contributed by atoms with Crippen LogP contribution in [0.4, 0.5) is 0 Å². The van der Waals surface area contributed by atoms with E-state index in [0.29, 0.717) is 11.5 Å². The lowest BCUT2D eigenvalue weighted by atomic mass is 10.2. The maximum absolute atomic E-state index is 10.6. The van der Waals surface area contributed by atoms with E-state index in [1.165, 1.54) is 0 Å². The molecule has 0 saturated carbocycles. The molecule has 0 aromatic heterocycles. The maximum atomic E-state index is 10.6. The normalized spacial score (nSPS) is 11.7. The van der Waals surface area contributed by atoms with Crippen molar-refractivity contribution in [3.63, 3.8) is 0 Å². The first-order valence-electron chi connectivity index (χ1n) is 6.35. The van der Waals surface area contributed by atoms with E-state index in [0.717, 1.165) is 5.75 Å². The van der Waals surface area contributed by atoms with Gasteiger partial charge in [0.05, 0.1) is 6.42 Å². The molecule has 0 heterocycles. The van der Waals surface area contributed by atoms with Gasteiger partial charge in [-0.25, -0.2) is 0 Å². The van der Waals surface area contributed by atoms with Crippen LogP contribution in [0, 0.1) is 0 Å². The number of benzene rings is 2. The van der Waals surface area contributed by atoms with Crippen molar-refractivity contribution < 1.29 is 19.4 Å². The quantitative estimate of drug-likeness (QED) is 0.870. The molecule has 104 valence electrons. The summed E-state index contributed by atoms with van der Waals surface area (Å²) in [5, 5.41) is 8.71. The van der Waals surface area contributed by atoms with Crippen LogP contribution in [0.25, 0.3) is 0 Å². The molecule has 0 aliphatic rings. The molecule has 2 rings (SSSR count). The molecule has 0 aliphatic carbocycles. The Morgan fingerprint density at radius 2 is 1.70 bits per heavy atom. The van der Waals surface area contributed by atoms with Gasteiger partial charge in [0, 0.05) is 6.07 Å². The summed E-state index contributed by atoms with van der Waals surface area (Å²) in [4.78, 5) is 10.6. The third-order valence-corrected chi connectivity index (χ3v) is 2.58. The number of rotatable bonds is 6. The van der Waals surface area contributed by atoms with Crippen molar-refractivity contribution >= 4 is 5.97 Å². The van der Waals surface area contributed by atoms with Gasteiger partial charge in [0.2, 0.25) is 0 Å². The maximum Gasteiger partial charge on any atom is 0.307 e. The van der Waals surface area contributed by atoms with Gasteiger partial charge < -0.3 is 14.6 Å². The number of ether oxygens (including phenoxy) is 2. The summed E-state index contributed by atoms with van der Waals surface area (Å²) in [6.07, 6.45) is -0.427. The summed E-state index contributed by atoms with van der Waals surface area (Å²) in [5.41, 5.74) is 0. The fraction of sp³-hybridized carbons (Fsp3) is 0.188. The first kappa shape index (κ1) is 13.9. The van der Waals surface area contributed by atoms with Gasteiger partial charge >= 0.3 is 5.97 Å². The molecule has 0 bridgehead atoms. The number of hydrogen-bond acceptors (Lipinski definition) is 3. The van der Waals surface area contributed by atoms with E-state index in [9.17, 15) is 4.79 Å². The fourth-order valence-electron chi connectivity index (χ4n) is 1.76. The third kappa shape index (κ3) is 4.31. The largest absolute Gasteiger partial charge is 0.490 e. The summed E-state index contributed by atoms with van der Waals surface area (Å²) < 4.78 is 11.2. The number of para-hydroxylation sites is 1. The van der Waals surface area contributed by atoms with Crippen LogP contribution in [0.3, 0.4) is 0 Å². The fourth-order valence-corrected chi connectivity index (χ4v) is 1.76. The average Bonchev–Trinajstić information content (AvgIpc) is 2.39. The number of carboxylic acids is 1. The number of carboxylic acid groups (broad SMARTS) is 1. The zero-order valence-corrected chi connectivity index (χ0v) is 11.2. The Labute approximate surface area is 117 Å². The predicted octanol–water partition coefficient (Wildman–Crippen LogP) is 3.72. The standard InChI is InChI=1S/C16H16O4/c1-12(10-16(17)18)19-14-8-5-9-15(11-14)20-13-6-3-2-4-7-13/h2-9,11-12H,10H2,1H3,(H,17,18)/t12-/m1/s1. The topological polar surface area (TPSA) is 55.8 Å². The van der Waals surface area contributed by atoms with Gasteiger partial charge in [-0.3, -0.25) is 4.79 Å². The first-order valence-corrected chi connectivity index (χ1v) is 6.35. The lowest BCUT2D eigenvalue weighted by Gasteiger charge is -2.13. The lowest BCUT2D eigenvalue weighted by Crippen LogP contribution is -2.16. The molecule has 2 aromatic rings. The molecule has 0 unspecified atom stereocenters. The third-order valence-electron chi connectivity index (χ3n) is 2.58. The van der Waals surface area contributed by atoms with Crippen LogP contribution in [0.5, 0.6) is 17.2 Å². The molecule has 4 nitrogen and oxygen atoms in total. The second kappa shape index (κ2) is 6.61. The Bertz CT molecular complexity index is 566. The van der Waals surface area contributed by atoms with Crippen molar-refractivity contribution in [1.29, 1.82) is 0 Å². The SMILES string of the molecule is C[C@H](CC(=O)O)Oc1cccc(Oc2ccccc2)c1. The molecule has 1 N–H and O–H groups in total. The molecular formula is C16H16O4. The van der Waals surface area contributed by atoms with Crippen molar-refractivity contribution in [2.45, 2.75) is 19.4 Å². The Balaban J connectivity index is 2.02.